The molecule has 3 aliphatic rings. The highest BCUT2D eigenvalue weighted by Crippen LogP contribution is 2.49. The second-order valence-electron chi connectivity index (χ2n) is 6.10. The van der Waals surface area contributed by atoms with E-state index in [1.807, 2.05) is 0 Å². The molecule has 0 spiro atoms. The molecule has 0 aromatic heterocycles. The Morgan fingerprint density at radius 3 is 2.57 bits per heavy atom. The number of rotatable bonds is 2. The van der Waals surface area contributed by atoms with Gasteiger partial charge in [0.05, 0.1) is 0 Å². The predicted octanol–water partition coefficient (Wildman–Crippen LogP) is 1.47. The summed E-state index contributed by atoms with van der Waals surface area (Å²) in [6, 6.07) is 1.71. The fourth-order valence-electron chi connectivity index (χ4n) is 2.96. The second-order valence-corrected chi connectivity index (χ2v) is 6.10. The van der Waals surface area contributed by atoms with Crippen LogP contribution in [0.2, 0.25) is 0 Å². The van der Waals surface area contributed by atoms with Crippen LogP contribution in [0.5, 0.6) is 0 Å². The summed E-state index contributed by atoms with van der Waals surface area (Å²) in [5.74, 6) is 1.01. The maximum Gasteiger partial charge on any atom is 0.0223 e. The maximum atomic E-state index is 3.68. The number of nitrogens with one attached hydrogen (secondary N) is 1. The highest BCUT2D eigenvalue weighted by molar-refractivity contribution is 5.05. The van der Waals surface area contributed by atoms with Crippen LogP contribution in [-0.4, -0.2) is 36.6 Å². The monoisotopic (exact) mass is 194 g/mol. The summed E-state index contributed by atoms with van der Waals surface area (Å²) in [5, 5.41) is 3.68. The molecule has 2 heteroatoms. The van der Waals surface area contributed by atoms with E-state index in [4.69, 9.17) is 0 Å². The summed E-state index contributed by atoms with van der Waals surface area (Å²) < 4.78 is 0. The van der Waals surface area contributed by atoms with Crippen molar-refractivity contribution >= 4 is 0 Å². The molecule has 14 heavy (non-hydrogen) atoms. The predicted molar refractivity (Wildman–Crippen MR) is 58.3 cm³/mol. The van der Waals surface area contributed by atoms with Crippen LogP contribution in [0.4, 0.5) is 0 Å². The Hall–Kier alpha value is -0.0800. The van der Waals surface area contributed by atoms with E-state index in [9.17, 15) is 0 Å². The first-order valence-electron chi connectivity index (χ1n) is 6.14. The van der Waals surface area contributed by atoms with E-state index in [2.05, 4.69) is 24.1 Å². The molecule has 3 rings (SSSR count). The van der Waals surface area contributed by atoms with E-state index < -0.39 is 0 Å². The lowest BCUT2D eigenvalue weighted by Gasteiger charge is -2.35. The van der Waals surface area contributed by atoms with Crippen molar-refractivity contribution in [3.63, 3.8) is 0 Å². The van der Waals surface area contributed by atoms with Crippen LogP contribution >= 0.6 is 0 Å². The first-order valence-corrected chi connectivity index (χ1v) is 6.14. The molecule has 0 amide bonds. The molecule has 2 saturated carbocycles. The van der Waals surface area contributed by atoms with Gasteiger partial charge in [-0.15, -0.1) is 0 Å². The third-order valence-corrected chi connectivity index (χ3v) is 4.33. The number of hydrogen-bond acceptors (Lipinski definition) is 2. The van der Waals surface area contributed by atoms with Gasteiger partial charge in [-0.05, 0) is 30.6 Å². The van der Waals surface area contributed by atoms with E-state index in [0.717, 1.165) is 18.0 Å². The standard InChI is InChI=1S/C12H22N2/c1-12(2)7-11(12)14-6-5-13-10(8-14)9-3-4-9/h9-11,13H,3-8H2,1-2H3. The van der Waals surface area contributed by atoms with Gasteiger partial charge < -0.3 is 5.32 Å². The van der Waals surface area contributed by atoms with Gasteiger partial charge in [0, 0.05) is 31.7 Å². The molecule has 1 aliphatic heterocycles. The van der Waals surface area contributed by atoms with Crippen LogP contribution in [0.15, 0.2) is 0 Å². The molecule has 0 aromatic rings. The Labute approximate surface area is 87.0 Å². The molecule has 1 saturated heterocycles. The van der Waals surface area contributed by atoms with Gasteiger partial charge in [-0.2, -0.15) is 0 Å². The second kappa shape index (κ2) is 2.96. The zero-order valence-electron chi connectivity index (χ0n) is 9.42. The average molecular weight is 194 g/mol. The number of piperazine rings is 1. The molecule has 80 valence electrons. The van der Waals surface area contributed by atoms with Gasteiger partial charge in [0.25, 0.3) is 0 Å². The quantitative estimate of drug-likeness (QED) is 0.716. The molecular formula is C12H22N2. The molecule has 2 nitrogen and oxygen atoms in total. The lowest BCUT2D eigenvalue weighted by atomic mass is 10.1. The summed E-state index contributed by atoms with van der Waals surface area (Å²) in [6.07, 6.45) is 4.36. The molecule has 0 bridgehead atoms. The van der Waals surface area contributed by atoms with Crippen LogP contribution in [0.1, 0.15) is 33.1 Å². The van der Waals surface area contributed by atoms with Crippen molar-refractivity contribution in [3.8, 4) is 0 Å². The fraction of sp³-hybridized carbons (Fsp3) is 1.00. The van der Waals surface area contributed by atoms with E-state index in [1.165, 1.54) is 38.9 Å². The summed E-state index contributed by atoms with van der Waals surface area (Å²) in [4.78, 5) is 2.74. The number of nitrogens with zero attached hydrogens (tertiary/aromatic N) is 1. The lowest BCUT2D eigenvalue weighted by Crippen LogP contribution is -2.52. The zero-order chi connectivity index (χ0) is 9.76. The van der Waals surface area contributed by atoms with Crippen molar-refractivity contribution in [1.82, 2.24) is 10.2 Å². The topological polar surface area (TPSA) is 15.3 Å². The molecule has 0 radical (unpaired) electrons. The van der Waals surface area contributed by atoms with E-state index in [1.54, 1.807) is 0 Å². The highest BCUT2D eigenvalue weighted by Gasteiger charge is 2.50. The molecule has 1 N–H and O–H groups in total. The van der Waals surface area contributed by atoms with Crippen molar-refractivity contribution in [3.05, 3.63) is 0 Å². The molecule has 2 atom stereocenters. The zero-order valence-corrected chi connectivity index (χ0v) is 9.42. The van der Waals surface area contributed by atoms with Crippen LogP contribution in [0.3, 0.4) is 0 Å². The Bertz CT molecular complexity index is 232. The van der Waals surface area contributed by atoms with Gasteiger partial charge >= 0.3 is 0 Å². The van der Waals surface area contributed by atoms with Crippen molar-refractivity contribution in [2.24, 2.45) is 11.3 Å². The van der Waals surface area contributed by atoms with Gasteiger partial charge in [0.15, 0.2) is 0 Å². The normalized spacial score (nSPS) is 42.4. The van der Waals surface area contributed by atoms with Crippen molar-refractivity contribution < 1.29 is 0 Å². The largest absolute Gasteiger partial charge is 0.311 e. The van der Waals surface area contributed by atoms with Gasteiger partial charge in [-0.1, -0.05) is 13.8 Å². The van der Waals surface area contributed by atoms with Gasteiger partial charge in [-0.25, -0.2) is 0 Å². The van der Waals surface area contributed by atoms with Gasteiger partial charge in [0.2, 0.25) is 0 Å². The third-order valence-electron chi connectivity index (χ3n) is 4.33. The number of hydrogen-bond donors (Lipinski definition) is 1. The minimum Gasteiger partial charge on any atom is -0.311 e. The summed E-state index contributed by atoms with van der Waals surface area (Å²) in [6.45, 7) is 8.63. The first kappa shape index (κ1) is 9.17. The molecule has 2 aliphatic carbocycles. The minimum absolute atomic E-state index is 0.617. The fourth-order valence-corrected chi connectivity index (χ4v) is 2.96. The van der Waals surface area contributed by atoms with E-state index >= 15 is 0 Å². The summed E-state index contributed by atoms with van der Waals surface area (Å²) in [7, 11) is 0. The van der Waals surface area contributed by atoms with Crippen molar-refractivity contribution in [2.45, 2.75) is 45.2 Å². The maximum absolute atomic E-state index is 3.68. The van der Waals surface area contributed by atoms with Crippen molar-refractivity contribution in [2.75, 3.05) is 19.6 Å². The van der Waals surface area contributed by atoms with Crippen LogP contribution in [0, 0.1) is 11.3 Å². The lowest BCUT2D eigenvalue weighted by molar-refractivity contribution is 0.164. The Morgan fingerprint density at radius 2 is 2.00 bits per heavy atom. The first-order chi connectivity index (χ1) is 6.67. The molecule has 0 aromatic carbocycles. The Balaban J connectivity index is 1.59. The Morgan fingerprint density at radius 1 is 1.29 bits per heavy atom. The van der Waals surface area contributed by atoms with E-state index in [-0.39, 0.29) is 0 Å². The average Bonchev–Trinajstić information content (AvgIpc) is 3.01. The molecular weight excluding hydrogens is 172 g/mol. The third kappa shape index (κ3) is 1.59. The van der Waals surface area contributed by atoms with Crippen LogP contribution < -0.4 is 5.32 Å². The highest BCUT2D eigenvalue weighted by atomic mass is 15.3. The summed E-state index contributed by atoms with van der Waals surface area (Å²) >= 11 is 0. The van der Waals surface area contributed by atoms with Gasteiger partial charge in [-0.3, -0.25) is 4.90 Å². The van der Waals surface area contributed by atoms with Crippen LogP contribution in [0.25, 0.3) is 0 Å². The minimum atomic E-state index is 0.617. The van der Waals surface area contributed by atoms with Crippen LogP contribution in [-0.2, 0) is 0 Å². The molecule has 1 heterocycles. The summed E-state index contributed by atoms with van der Waals surface area (Å²) in [5.41, 5.74) is 0.617. The van der Waals surface area contributed by atoms with E-state index in [0.29, 0.717) is 5.41 Å². The Kier molecular flexibility index (Phi) is 1.94. The molecule has 2 unspecified atom stereocenters. The SMILES string of the molecule is CC1(C)CC1N1CCNC(C2CC2)C1. The molecule has 3 fully saturated rings. The smallest absolute Gasteiger partial charge is 0.0223 e. The van der Waals surface area contributed by atoms with Crippen molar-refractivity contribution in [1.29, 1.82) is 0 Å². The van der Waals surface area contributed by atoms with Gasteiger partial charge in [0.1, 0.15) is 0 Å².